The van der Waals surface area contributed by atoms with Crippen molar-refractivity contribution in [3.8, 4) is 0 Å². The Morgan fingerprint density at radius 3 is 2.21 bits per heavy atom. The van der Waals surface area contributed by atoms with E-state index in [1.54, 1.807) is 0 Å². The Kier molecular flexibility index (Phi) is 6.30. The number of likely N-dealkylation sites (tertiary alicyclic amines) is 1. The Morgan fingerprint density at radius 1 is 0.971 bits per heavy atom. The average molecular weight is 455 g/mol. The molecule has 2 aliphatic rings. The molecule has 6 heteroatoms. The lowest BCUT2D eigenvalue weighted by atomic mass is 9.75. The number of aryl methyl sites for hydroxylation is 3. The molecule has 0 radical (unpaired) electrons. The number of nitrogens with one attached hydrogen (secondary N) is 1. The predicted molar refractivity (Wildman–Crippen MR) is 136 cm³/mol. The van der Waals surface area contributed by atoms with Crippen LogP contribution in [0.25, 0.3) is 0 Å². The summed E-state index contributed by atoms with van der Waals surface area (Å²) in [5.41, 5.74) is 7.58. The second kappa shape index (κ2) is 9.67. The van der Waals surface area contributed by atoms with E-state index >= 15 is 0 Å². The van der Waals surface area contributed by atoms with Gasteiger partial charge in [0.2, 0.25) is 0 Å². The van der Waals surface area contributed by atoms with Gasteiger partial charge in [-0.25, -0.2) is 10.1 Å². The number of nitro groups is 1. The molecule has 1 N–H and O–H groups in total. The lowest BCUT2D eigenvalue weighted by Crippen LogP contribution is -2.45. The van der Waals surface area contributed by atoms with E-state index in [1.165, 1.54) is 22.3 Å². The quantitative estimate of drug-likeness (QED) is 0.242. The molecule has 0 bridgehead atoms. The summed E-state index contributed by atoms with van der Waals surface area (Å²) >= 11 is 0. The Hall–Kier alpha value is -3.67. The molecule has 3 aromatic rings. The van der Waals surface area contributed by atoms with E-state index in [9.17, 15) is 10.1 Å². The van der Waals surface area contributed by atoms with Crippen molar-refractivity contribution in [2.45, 2.75) is 38.5 Å². The summed E-state index contributed by atoms with van der Waals surface area (Å²) in [6.45, 7) is 3.49. The third-order valence-electron chi connectivity index (χ3n) is 7.16. The number of piperidine rings is 1. The van der Waals surface area contributed by atoms with Crippen molar-refractivity contribution < 1.29 is 5.03 Å². The minimum atomic E-state index is -0.601. The summed E-state index contributed by atoms with van der Waals surface area (Å²) < 4.78 is 0. The molecule has 3 aromatic carbocycles. The maximum absolute atomic E-state index is 11.4. The molecule has 0 spiro atoms. The number of rotatable bonds is 3. The zero-order valence-corrected chi connectivity index (χ0v) is 19.5. The van der Waals surface area contributed by atoms with E-state index in [4.69, 9.17) is 0 Å². The van der Waals surface area contributed by atoms with E-state index in [2.05, 4.69) is 63.8 Å². The van der Waals surface area contributed by atoms with Gasteiger partial charge in [0.1, 0.15) is 5.10 Å². The van der Waals surface area contributed by atoms with Gasteiger partial charge in [-0.15, -0.1) is 0 Å². The van der Waals surface area contributed by atoms with E-state index in [1.807, 2.05) is 31.2 Å². The minimum Gasteiger partial charge on any atom is -0.337 e. The molecule has 1 saturated heterocycles. The number of hydrogen-bond acceptors (Lipinski definition) is 2. The highest BCUT2D eigenvalue weighted by Crippen LogP contribution is 2.42. The first kappa shape index (κ1) is 22.1. The third kappa shape index (κ3) is 4.67. The van der Waals surface area contributed by atoms with Crippen molar-refractivity contribution in [2.75, 3.05) is 18.4 Å². The Morgan fingerprint density at radius 2 is 1.59 bits per heavy atom. The predicted octanol–water partition coefficient (Wildman–Crippen LogP) is 5.60. The van der Waals surface area contributed by atoms with E-state index in [0.29, 0.717) is 11.9 Å². The lowest BCUT2D eigenvalue weighted by molar-refractivity contribution is -0.485. The van der Waals surface area contributed by atoms with Gasteiger partial charge in [0.15, 0.2) is 5.03 Å². The van der Waals surface area contributed by atoms with Crippen LogP contribution >= 0.6 is 0 Å². The van der Waals surface area contributed by atoms with Gasteiger partial charge in [0.25, 0.3) is 5.96 Å². The highest BCUT2D eigenvalue weighted by Gasteiger charge is 2.34. The molecular weight excluding hydrogens is 424 g/mol. The van der Waals surface area contributed by atoms with Crippen molar-refractivity contribution in [3.63, 3.8) is 0 Å². The summed E-state index contributed by atoms with van der Waals surface area (Å²) in [4.78, 5) is 13.5. The van der Waals surface area contributed by atoms with Crippen molar-refractivity contribution >= 4 is 11.6 Å². The highest BCUT2D eigenvalue weighted by atomic mass is 16.7. The summed E-state index contributed by atoms with van der Waals surface area (Å²) in [5.74, 6) is 0.925. The molecule has 1 aliphatic heterocycles. The normalized spacial score (nSPS) is 18.6. The van der Waals surface area contributed by atoms with E-state index in [-0.39, 0.29) is 5.92 Å². The zero-order valence-electron chi connectivity index (χ0n) is 19.5. The fourth-order valence-corrected chi connectivity index (χ4v) is 5.56. The monoisotopic (exact) mass is 454 g/mol. The number of fused-ring (bicyclic) bond motifs is 2. The summed E-state index contributed by atoms with van der Waals surface area (Å²) in [6, 6.07) is 25.5. The standard InChI is InChI=1S/C28H30N4O2/c1-20-12-16-24(17-13-20)29-28(30-32(33)34)31-18-6-9-23(19-31)27-25-10-4-2-7-21(25)14-15-22-8-3-5-11-26(22)27/h2-5,7-8,10-13,16-17,23,27H,6,9,14-15,18-19H2,1H3,(H,29,30). The van der Waals surface area contributed by atoms with Crippen molar-refractivity contribution in [1.82, 2.24) is 4.90 Å². The number of hydrogen-bond donors (Lipinski definition) is 1. The number of benzene rings is 3. The van der Waals surface area contributed by atoms with Gasteiger partial charge in [-0.2, -0.15) is 0 Å². The van der Waals surface area contributed by atoms with Gasteiger partial charge in [0.05, 0.1) is 0 Å². The van der Waals surface area contributed by atoms with Gasteiger partial charge in [-0.1, -0.05) is 66.2 Å². The molecule has 1 fully saturated rings. The molecular formula is C28H30N4O2. The molecule has 34 heavy (non-hydrogen) atoms. The SMILES string of the molecule is Cc1ccc(NC(=N[N+](=O)[O-])N2CCCC(C3c4ccccc4CCc4ccccc43)C2)cc1. The zero-order chi connectivity index (χ0) is 23.5. The highest BCUT2D eigenvalue weighted by molar-refractivity contribution is 5.93. The van der Waals surface area contributed by atoms with Crippen molar-refractivity contribution in [1.29, 1.82) is 0 Å². The molecule has 1 unspecified atom stereocenters. The average Bonchev–Trinajstić information content (AvgIpc) is 3.02. The van der Waals surface area contributed by atoms with Crippen LogP contribution in [-0.4, -0.2) is 29.0 Å². The van der Waals surface area contributed by atoms with Crippen LogP contribution in [0.4, 0.5) is 5.69 Å². The summed E-state index contributed by atoms with van der Waals surface area (Å²) in [7, 11) is 0. The Balaban J connectivity index is 1.48. The van der Waals surface area contributed by atoms with Crippen LogP contribution in [0, 0.1) is 23.0 Å². The van der Waals surface area contributed by atoms with Crippen LogP contribution < -0.4 is 5.32 Å². The van der Waals surface area contributed by atoms with Crippen molar-refractivity contribution in [3.05, 3.63) is 111 Å². The Bertz CT molecular complexity index is 1160. The van der Waals surface area contributed by atoms with Crippen LogP contribution in [0.1, 0.15) is 46.6 Å². The van der Waals surface area contributed by atoms with Gasteiger partial charge in [0, 0.05) is 24.7 Å². The molecule has 1 aliphatic carbocycles. The number of hydrazone groups is 1. The fourth-order valence-electron chi connectivity index (χ4n) is 5.56. The van der Waals surface area contributed by atoms with E-state index < -0.39 is 5.03 Å². The number of guanidine groups is 1. The first-order chi connectivity index (χ1) is 16.6. The van der Waals surface area contributed by atoms with Crippen LogP contribution in [0.5, 0.6) is 0 Å². The first-order valence-electron chi connectivity index (χ1n) is 12.1. The van der Waals surface area contributed by atoms with Gasteiger partial charge >= 0.3 is 0 Å². The lowest BCUT2D eigenvalue weighted by Gasteiger charge is -2.38. The first-order valence-corrected chi connectivity index (χ1v) is 12.1. The third-order valence-corrected chi connectivity index (χ3v) is 7.16. The van der Waals surface area contributed by atoms with E-state index in [0.717, 1.165) is 50.0 Å². The minimum absolute atomic E-state index is 0.272. The Labute approximate surface area is 200 Å². The number of anilines is 1. The topological polar surface area (TPSA) is 70.8 Å². The molecule has 0 amide bonds. The van der Waals surface area contributed by atoms with Gasteiger partial charge in [-0.05, 0) is 72.9 Å². The van der Waals surface area contributed by atoms with Crippen LogP contribution in [0.15, 0.2) is 77.9 Å². The molecule has 5 rings (SSSR count). The van der Waals surface area contributed by atoms with Crippen LogP contribution in [0.2, 0.25) is 0 Å². The largest absolute Gasteiger partial charge is 0.337 e. The van der Waals surface area contributed by atoms with Crippen molar-refractivity contribution in [2.24, 2.45) is 11.0 Å². The fraction of sp³-hybridized carbons (Fsp3) is 0.321. The summed E-state index contributed by atoms with van der Waals surface area (Å²) in [5, 5.41) is 17.8. The molecule has 6 nitrogen and oxygen atoms in total. The van der Waals surface area contributed by atoms with Gasteiger partial charge < -0.3 is 10.2 Å². The molecule has 0 aromatic heterocycles. The van der Waals surface area contributed by atoms with Crippen LogP contribution in [0.3, 0.4) is 0 Å². The number of nitrogens with zero attached hydrogens (tertiary/aromatic N) is 3. The maximum atomic E-state index is 11.4. The smallest absolute Gasteiger partial charge is 0.275 e. The van der Waals surface area contributed by atoms with Gasteiger partial charge in [-0.3, -0.25) is 0 Å². The second-order valence-electron chi connectivity index (χ2n) is 9.38. The molecule has 0 saturated carbocycles. The second-order valence-corrected chi connectivity index (χ2v) is 9.38. The molecule has 174 valence electrons. The maximum Gasteiger partial charge on any atom is 0.275 e. The molecule has 1 atom stereocenters. The molecule has 1 heterocycles. The van der Waals surface area contributed by atoms with Crippen LogP contribution in [-0.2, 0) is 12.8 Å². The summed E-state index contributed by atoms with van der Waals surface area (Å²) in [6.07, 6.45) is 4.14.